The number of hydrogen-bond donors (Lipinski definition) is 1. The van der Waals surface area contributed by atoms with Gasteiger partial charge in [0.1, 0.15) is 6.04 Å². The molecule has 0 unspecified atom stereocenters. The first kappa shape index (κ1) is 26.0. The summed E-state index contributed by atoms with van der Waals surface area (Å²) in [5.74, 6) is -0.458. The second-order valence-electron chi connectivity index (χ2n) is 9.30. The molecular weight excluding hydrogens is 498 g/mol. The van der Waals surface area contributed by atoms with Crippen molar-refractivity contribution in [2.75, 3.05) is 10.8 Å². The van der Waals surface area contributed by atoms with Crippen molar-refractivity contribution in [1.29, 1.82) is 0 Å². The van der Waals surface area contributed by atoms with Crippen molar-refractivity contribution in [3.63, 3.8) is 0 Å². The molecule has 0 fully saturated rings. The molecule has 4 rings (SSSR count). The summed E-state index contributed by atoms with van der Waals surface area (Å²) in [5.41, 5.74) is 1.49. The lowest BCUT2D eigenvalue weighted by atomic mass is 10.1. The number of benzene rings is 3. The molecule has 0 aliphatic carbocycles. The van der Waals surface area contributed by atoms with E-state index >= 15 is 0 Å². The van der Waals surface area contributed by atoms with Gasteiger partial charge in [0.05, 0.1) is 10.6 Å². The highest BCUT2D eigenvalue weighted by molar-refractivity contribution is 7.93. The van der Waals surface area contributed by atoms with Gasteiger partial charge in [-0.3, -0.25) is 13.9 Å². The molecule has 0 saturated heterocycles. The first-order valence-electron chi connectivity index (χ1n) is 12.0. The second-order valence-corrected chi connectivity index (χ2v) is 11.6. The molecule has 1 atom stereocenters. The van der Waals surface area contributed by atoms with Crippen LogP contribution in [0.25, 0.3) is 10.8 Å². The van der Waals surface area contributed by atoms with Crippen LogP contribution in [0.2, 0.25) is 5.02 Å². The zero-order valence-electron chi connectivity index (χ0n) is 20.6. The Morgan fingerprint density at radius 1 is 1.00 bits per heavy atom. The molecule has 1 aliphatic heterocycles. The van der Waals surface area contributed by atoms with Crippen molar-refractivity contribution < 1.29 is 18.0 Å². The molecule has 36 heavy (non-hydrogen) atoms. The van der Waals surface area contributed by atoms with Crippen LogP contribution < -0.4 is 9.62 Å². The number of hydrogen-bond acceptors (Lipinski definition) is 4. The Morgan fingerprint density at radius 2 is 1.67 bits per heavy atom. The van der Waals surface area contributed by atoms with Gasteiger partial charge in [-0.2, -0.15) is 0 Å². The Balaban J connectivity index is 1.49. The van der Waals surface area contributed by atoms with Gasteiger partial charge in [-0.1, -0.05) is 48.0 Å². The molecule has 3 aromatic rings. The van der Waals surface area contributed by atoms with Crippen molar-refractivity contribution in [3.05, 3.63) is 71.2 Å². The molecule has 0 aromatic heterocycles. The van der Waals surface area contributed by atoms with E-state index < -0.39 is 16.1 Å². The Bertz CT molecular complexity index is 1380. The Hall–Kier alpha value is -3.10. The number of carbonyl (C=O) groups is 2. The first-order valence-corrected chi connectivity index (χ1v) is 13.8. The van der Waals surface area contributed by atoms with Gasteiger partial charge in [0.2, 0.25) is 11.8 Å². The summed E-state index contributed by atoms with van der Waals surface area (Å²) in [7, 11) is -3.68. The Labute approximate surface area is 217 Å². The van der Waals surface area contributed by atoms with Crippen molar-refractivity contribution in [1.82, 2.24) is 10.2 Å². The van der Waals surface area contributed by atoms with Crippen LogP contribution in [0.5, 0.6) is 0 Å². The predicted molar refractivity (Wildman–Crippen MR) is 142 cm³/mol. The molecule has 7 nitrogen and oxygen atoms in total. The summed E-state index contributed by atoms with van der Waals surface area (Å²) in [6.45, 7) is 5.85. The SMILES string of the molecule is CC(C)NC(=O)[C@@H](C)N(Cc1ccc(Cl)cc1)C(=O)CCCN1c2cccc3cccc(c23)S1(=O)=O. The summed E-state index contributed by atoms with van der Waals surface area (Å²) in [6.07, 6.45) is 0.420. The number of carbonyl (C=O) groups excluding carboxylic acids is 2. The molecule has 0 saturated carbocycles. The van der Waals surface area contributed by atoms with Crippen molar-refractivity contribution in [2.45, 2.75) is 57.1 Å². The molecule has 1 aliphatic rings. The van der Waals surface area contributed by atoms with Gasteiger partial charge in [0, 0.05) is 36.0 Å². The predicted octanol–water partition coefficient (Wildman–Crippen LogP) is 4.72. The maximum atomic E-state index is 13.3. The third-order valence-electron chi connectivity index (χ3n) is 6.30. The van der Waals surface area contributed by atoms with Gasteiger partial charge in [-0.15, -0.1) is 0 Å². The zero-order chi connectivity index (χ0) is 26.0. The van der Waals surface area contributed by atoms with Crippen LogP contribution in [0, 0.1) is 0 Å². The van der Waals surface area contributed by atoms with Gasteiger partial charge in [-0.05, 0) is 62.4 Å². The van der Waals surface area contributed by atoms with Gasteiger partial charge >= 0.3 is 0 Å². The normalized spacial score (nSPS) is 14.8. The number of nitrogens with zero attached hydrogens (tertiary/aromatic N) is 2. The van der Waals surface area contributed by atoms with Gasteiger partial charge in [0.15, 0.2) is 0 Å². The van der Waals surface area contributed by atoms with E-state index in [4.69, 9.17) is 11.6 Å². The molecule has 1 N–H and O–H groups in total. The zero-order valence-corrected chi connectivity index (χ0v) is 22.1. The monoisotopic (exact) mass is 527 g/mol. The highest BCUT2D eigenvalue weighted by Crippen LogP contribution is 2.42. The van der Waals surface area contributed by atoms with Crippen LogP contribution in [-0.4, -0.2) is 43.8 Å². The van der Waals surface area contributed by atoms with E-state index in [0.29, 0.717) is 22.0 Å². The van der Waals surface area contributed by atoms with Crippen LogP contribution >= 0.6 is 11.6 Å². The summed E-state index contributed by atoms with van der Waals surface area (Å²) in [5, 5.41) is 5.04. The molecule has 0 radical (unpaired) electrons. The van der Waals surface area contributed by atoms with E-state index in [1.165, 1.54) is 9.21 Å². The summed E-state index contributed by atoms with van der Waals surface area (Å²) >= 11 is 6.00. The molecular formula is C27H30ClN3O4S. The third kappa shape index (κ3) is 5.20. The van der Waals surface area contributed by atoms with E-state index in [-0.39, 0.29) is 37.4 Å². The van der Waals surface area contributed by atoms with Gasteiger partial charge in [-0.25, -0.2) is 8.42 Å². The lowest BCUT2D eigenvalue weighted by Gasteiger charge is -2.30. The minimum atomic E-state index is -3.68. The molecule has 0 spiro atoms. The van der Waals surface area contributed by atoms with Crippen molar-refractivity contribution in [3.8, 4) is 0 Å². The molecule has 3 aromatic carbocycles. The van der Waals surface area contributed by atoms with Crippen molar-refractivity contribution in [2.24, 2.45) is 0 Å². The quantitative estimate of drug-likeness (QED) is 0.436. The van der Waals surface area contributed by atoms with Crippen LogP contribution in [-0.2, 0) is 26.2 Å². The molecule has 0 bridgehead atoms. The van der Waals surface area contributed by atoms with Gasteiger partial charge < -0.3 is 10.2 Å². The Morgan fingerprint density at radius 3 is 2.33 bits per heavy atom. The number of anilines is 1. The van der Waals surface area contributed by atoms with E-state index in [1.807, 2.05) is 44.2 Å². The van der Waals surface area contributed by atoms with E-state index in [1.54, 1.807) is 37.3 Å². The van der Waals surface area contributed by atoms with Crippen LogP contribution in [0.3, 0.4) is 0 Å². The maximum Gasteiger partial charge on any atom is 0.265 e. The minimum Gasteiger partial charge on any atom is -0.352 e. The first-order chi connectivity index (χ1) is 17.1. The molecule has 190 valence electrons. The molecule has 9 heteroatoms. The fraction of sp³-hybridized carbons (Fsp3) is 0.333. The smallest absolute Gasteiger partial charge is 0.265 e. The largest absolute Gasteiger partial charge is 0.352 e. The third-order valence-corrected chi connectivity index (χ3v) is 8.41. The summed E-state index contributed by atoms with van der Waals surface area (Å²) < 4.78 is 27.8. The van der Waals surface area contributed by atoms with Crippen LogP contribution in [0.15, 0.2) is 65.6 Å². The number of rotatable bonds is 9. The average molecular weight is 528 g/mol. The standard InChI is InChI=1S/C27H30ClN3O4S/c1-18(2)29-27(33)19(3)30(17-20-12-14-22(28)15-13-20)25(32)11-6-16-31-23-9-4-7-21-8-5-10-24(26(21)23)36(31,34)35/h4-5,7-10,12-15,18-19H,6,11,16-17H2,1-3H3,(H,29,33)/t19-/m1/s1. The summed E-state index contributed by atoms with van der Waals surface area (Å²) in [4.78, 5) is 27.9. The molecule has 1 heterocycles. The lowest BCUT2D eigenvalue weighted by molar-refractivity contribution is -0.140. The number of sulfonamides is 1. The fourth-order valence-electron chi connectivity index (χ4n) is 4.49. The van der Waals surface area contributed by atoms with Gasteiger partial charge in [0.25, 0.3) is 10.0 Å². The number of nitrogens with one attached hydrogen (secondary N) is 1. The van der Waals surface area contributed by atoms with Crippen molar-refractivity contribution >= 4 is 49.9 Å². The van der Waals surface area contributed by atoms with E-state index in [0.717, 1.165) is 16.3 Å². The minimum absolute atomic E-state index is 0.0582. The van der Waals surface area contributed by atoms with Crippen LogP contribution in [0.4, 0.5) is 5.69 Å². The van der Waals surface area contributed by atoms with Crippen LogP contribution in [0.1, 0.15) is 39.2 Å². The van der Waals surface area contributed by atoms with E-state index in [2.05, 4.69) is 5.32 Å². The lowest BCUT2D eigenvalue weighted by Crippen LogP contribution is -2.49. The number of amides is 2. The second kappa shape index (κ2) is 10.5. The van der Waals surface area contributed by atoms with E-state index in [9.17, 15) is 18.0 Å². The molecule has 2 amide bonds. The fourth-order valence-corrected chi connectivity index (χ4v) is 6.37. The maximum absolute atomic E-state index is 13.3. The average Bonchev–Trinajstić information content (AvgIpc) is 3.06. The topological polar surface area (TPSA) is 86.8 Å². The Kier molecular flexibility index (Phi) is 7.57. The summed E-state index contributed by atoms with van der Waals surface area (Å²) in [6, 6.07) is 17.2. The highest BCUT2D eigenvalue weighted by Gasteiger charge is 2.35. The highest BCUT2D eigenvalue weighted by atomic mass is 35.5. The number of halogens is 1.